The number of carbonyl (C=O) groups is 1. The molecule has 1 unspecified atom stereocenters. The van der Waals surface area contributed by atoms with Crippen molar-refractivity contribution in [1.29, 1.82) is 0 Å². The van der Waals surface area contributed by atoms with Gasteiger partial charge in [0.25, 0.3) is 0 Å². The number of esters is 1. The van der Waals surface area contributed by atoms with Crippen molar-refractivity contribution in [2.24, 2.45) is 0 Å². The topological polar surface area (TPSA) is 94.8 Å². The third-order valence-corrected chi connectivity index (χ3v) is 3.49. The van der Waals surface area contributed by atoms with Crippen LogP contribution in [-0.4, -0.2) is 48.8 Å². The predicted octanol–water partition coefficient (Wildman–Crippen LogP) is 0.429. The third kappa shape index (κ3) is 2.41. The average molecular weight is 273 g/mol. The summed E-state index contributed by atoms with van der Waals surface area (Å²) in [6.07, 6.45) is 1.18. The average Bonchev–Trinajstić information content (AvgIpc) is 2.87. The van der Waals surface area contributed by atoms with Crippen LogP contribution in [0.1, 0.15) is 0 Å². The van der Waals surface area contributed by atoms with Crippen LogP contribution in [0.5, 0.6) is 0 Å². The van der Waals surface area contributed by atoms with Crippen molar-refractivity contribution >= 4 is 27.4 Å². The Morgan fingerprint density at radius 1 is 1.78 bits per heavy atom. The van der Waals surface area contributed by atoms with Crippen LogP contribution in [0.4, 0.5) is 10.1 Å². The Bertz CT molecular complexity index is 463. The number of rotatable bonds is 3. The predicted molar refractivity (Wildman–Crippen MR) is 62.7 cm³/mol. The normalized spacial score (nSPS) is 19.6. The molecular weight excluding hydrogens is 262 g/mol. The first kappa shape index (κ1) is 12.7. The zero-order chi connectivity index (χ0) is 13.1. The lowest BCUT2D eigenvalue weighted by atomic mass is 10.2. The molecular formula is C9H11N3O5S. The number of aromatic nitrogens is 1. The number of anilines is 1. The quantitative estimate of drug-likeness (QED) is 0.447. The number of nitro groups is 1. The second-order valence-corrected chi connectivity index (χ2v) is 4.53. The Balaban J connectivity index is 2.22. The van der Waals surface area contributed by atoms with Crippen LogP contribution in [0, 0.1) is 10.1 Å². The Labute approximate surface area is 106 Å². The molecule has 1 aliphatic rings. The van der Waals surface area contributed by atoms with Crippen LogP contribution >= 0.6 is 11.3 Å². The maximum atomic E-state index is 11.6. The molecule has 1 aromatic heterocycles. The van der Waals surface area contributed by atoms with Gasteiger partial charge in [-0.1, -0.05) is 0 Å². The fraction of sp³-hybridized carbons (Fsp3) is 0.556. The van der Waals surface area contributed by atoms with E-state index in [1.807, 2.05) is 0 Å². The first-order valence-corrected chi connectivity index (χ1v) is 5.97. The summed E-state index contributed by atoms with van der Waals surface area (Å²) in [4.78, 5) is 27.3. The molecule has 1 aromatic rings. The third-order valence-electron chi connectivity index (χ3n) is 2.51. The highest BCUT2D eigenvalue weighted by atomic mass is 32.1. The van der Waals surface area contributed by atoms with Crippen molar-refractivity contribution in [2.75, 3.05) is 31.8 Å². The molecule has 0 N–H and O–H groups in total. The van der Waals surface area contributed by atoms with Gasteiger partial charge in [0.1, 0.15) is 6.20 Å². The van der Waals surface area contributed by atoms with Gasteiger partial charge >= 0.3 is 11.0 Å². The monoisotopic (exact) mass is 273 g/mol. The largest absolute Gasteiger partial charge is 0.467 e. The molecule has 9 heteroatoms. The molecule has 0 radical (unpaired) electrons. The SMILES string of the molecule is COC(=O)C1COCCN1c1ncc([N+](=O)[O-])s1. The van der Waals surface area contributed by atoms with Gasteiger partial charge in [0.15, 0.2) is 11.2 Å². The van der Waals surface area contributed by atoms with E-state index in [9.17, 15) is 14.9 Å². The maximum absolute atomic E-state index is 11.6. The minimum Gasteiger partial charge on any atom is -0.467 e. The molecule has 1 fully saturated rings. The lowest BCUT2D eigenvalue weighted by Crippen LogP contribution is -2.50. The number of nitrogens with zero attached hydrogens (tertiary/aromatic N) is 3. The van der Waals surface area contributed by atoms with Crippen molar-refractivity contribution in [3.05, 3.63) is 16.3 Å². The first-order valence-electron chi connectivity index (χ1n) is 5.16. The second-order valence-electron chi connectivity index (χ2n) is 3.55. The molecule has 18 heavy (non-hydrogen) atoms. The van der Waals surface area contributed by atoms with Crippen molar-refractivity contribution in [3.8, 4) is 0 Å². The van der Waals surface area contributed by atoms with Crippen molar-refractivity contribution in [2.45, 2.75) is 6.04 Å². The highest BCUT2D eigenvalue weighted by Gasteiger charge is 2.33. The van der Waals surface area contributed by atoms with Gasteiger partial charge in [-0.15, -0.1) is 0 Å². The Hall–Kier alpha value is -1.74. The summed E-state index contributed by atoms with van der Waals surface area (Å²) in [5.74, 6) is -0.437. The molecule has 2 heterocycles. The zero-order valence-electron chi connectivity index (χ0n) is 9.57. The molecule has 8 nitrogen and oxygen atoms in total. The van der Waals surface area contributed by atoms with E-state index in [1.165, 1.54) is 13.3 Å². The van der Waals surface area contributed by atoms with Gasteiger partial charge in [0.2, 0.25) is 0 Å². The van der Waals surface area contributed by atoms with Crippen LogP contribution in [0.2, 0.25) is 0 Å². The second kappa shape index (κ2) is 5.27. The molecule has 0 aromatic carbocycles. The van der Waals surface area contributed by atoms with E-state index in [-0.39, 0.29) is 11.6 Å². The van der Waals surface area contributed by atoms with Gasteiger partial charge in [-0.2, -0.15) is 0 Å². The number of hydrogen-bond acceptors (Lipinski definition) is 8. The van der Waals surface area contributed by atoms with Crippen molar-refractivity contribution < 1.29 is 19.2 Å². The number of ether oxygens (including phenoxy) is 2. The highest BCUT2D eigenvalue weighted by molar-refractivity contribution is 7.18. The molecule has 0 amide bonds. The van der Waals surface area contributed by atoms with Gasteiger partial charge in [-0.25, -0.2) is 9.78 Å². The number of thiazole rings is 1. The number of methoxy groups -OCH3 is 1. The summed E-state index contributed by atoms with van der Waals surface area (Å²) in [5, 5.41) is 11.0. The molecule has 0 bridgehead atoms. The van der Waals surface area contributed by atoms with E-state index in [1.54, 1.807) is 4.90 Å². The summed E-state index contributed by atoms with van der Waals surface area (Å²) in [6.45, 7) is 1.09. The van der Waals surface area contributed by atoms with E-state index in [0.29, 0.717) is 18.3 Å². The summed E-state index contributed by atoms with van der Waals surface area (Å²) in [7, 11) is 1.29. The lowest BCUT2D eigenvalue weighted by molar-refractivity contribution is -0.380. The van der Waals surface area contributed by atoms with Gasteiger partial charge in [0, 0.05) is 6.54 Å². The van der Waals surface area contributed by atoms with Gasteiger partial charge in [-0.3, -0.25) is 10.1 Å². The maximum Gasteiger partial charge on any atom is 0.345 e. The fourth-order valence-corrected chi connectivity index (χ4v) is 2.45. The van der Waals surface area contributed by atoms with Crippen LogP contribution in [0.15, 0.2) is 6.20 Å². The van der Waals surface area contributed by atoms with E-state index in [4.69, 9.17) is 4.74 Å². The molecule has 0 aliphatic carbocycles. The molecule has 1 saturated heterocycles. The summed E-state index contributed by atoms with van der Waals surface area (Å²) < 4.78 is 9.89. The van der Waals surface area contributed by atoms with E-state index in [0.717, 1.165) is 11.3 Å². The fourth-order valence-electron chi connectivity index (χ4n) is 1.64. The molecule has 0 saturated carbocycles. The van der Waals surface area contributed by atoms with Crippen molar-refractivity contribution in [3.63, 3.8) is 0 Å². The van der Waals surface area contributed by atoms with Crippen LogP contribution in [-0.2, 0) is 14.3 Å². The Morgan fingerprint density at radius 2 is 2.56 bits per heavy atom. The molecule has 1 atom stereocenters. The van der Waals surface area contributed by atoms with E-state index in [2.05, 4.69) is 9.72 Å². The highest BCUT2D eigenvalue weighted by Crippen LogP contribution is 2.30. The Morgan fingerprint density at radius 3 is 3.17 bits per heavy atom. The molecule has 2 rings (SSSR count). The smallest absolute Gasteiger partial charge is 0.345 e. The van der Waals surface area contributed by atoms with Gasteiger partial charge in [0.05, 0.1) is 25.2 Å². The number of carbonyl (C=O) groups excluding carboxylic acids is 1. The van der Waals surface area contributed by atoms with E-state index >= 15 is 0 Å². The van der Waals surface area contributed by atoms with Gasteiger partial charge in [-0.05, 0) is 11.3 Å². The Kier molecular flexibility index (Phi) is 3.72. The molecule has 1 aliphatic heterocycles. The van der Waals surface area contributed by atoms with Crippen LogP contribution in [0.25, 0.3) is 0 Å². The lowest BCUT2D eigenvalue weighted by Gasteiger charge is -2.33. The van der Waals surface area contributed by atoms with Crippen molar-refractivity contribution in [1.82, 2.24) is 4.98 Å². The zero-order valence-corrected chi connectivity index (χ0v) is 10.4. The minimum atomic E-state index is -0.602. The summed E-state index contributed by atoms with van der Waals surface area (Å²) >= 11 is 0.932. The number of morpholine rings is 1. The minimum absolute atomic E-state index is 0.0555. The first-order chi connectivity index (χ1) is 8.63. The summed E-state index contributed by atoms with van der Waals surface area (Å²) in [6, 6.07) is -0.602. The standard InChI is InChI=1S/C9H11N3O5S/c1-16-8(13)6-5-17-3-2-11(6)9-10-4-7(18-9)12(14)15/h4,6H,2-3,5H2,1H3. The van der Waals surface area contributed by atoms with Crippen LogP contribution in [0.3, 0.4) is 0 Å². The molecule has 98 valence electrons. The van der Waals surface area contributed by atoms with Crippen LogP contribution < -0.4 is 4.90 Å². The van der Waals surface area contributed by atoms with Gasteiger partial charge < -0.3 is 14.4 Å². The number of hydrogen-bond donors (Lipinski definition) is 0. The molecule has 0 spiro atoms. The summed E-state index contributed by atoms with van der Waals surface area (Å²) in [5.41, 5.74) is 0. The van der Waals surface area contributed by atoms with E-state index < -0.39 is 16.9 Å².